The van der Waals surface area contributed by atoms with Gasteiger partial charge >= 0.3 is 0 Å². The fraction of sp³-hybridized carbons (Fsp3) is 0.188. The van der Waals surface area contributed by atoms with E-state index in [0.29, 0.717) is 5.56 Å². The number of carbonyl (C=O) groups excluding carboxylic acids is 1. The number of hydrogen-bond acceptors (Lipinski definition) is 5. The summed E-state index contributed by atoms with van der Waals surface area (Å²) in [6, 6.07) is 9.76. The van der Waals surface area contributed by atoms with E-state index in [2.05, 4.69) is 5.32 Å². The molecule has 0 radical (unpaired) electrons. The summed E-state index contributed by atoms with van der Waals surface area (Å²) in [6.07, 6.45) is 0. The van der Waals surface area contributed by atoms with Gasteiger partial charge in [-0.2, -0.15) is 0 Å². The lowest BCUT2D eigenvalue weighted by Crippen LogP contribution is -2.23. The van der Waals surface area contributed by atoms with Gasteiger partial charge in [-0.15, -0.1) is 0 Å². The maximum absolute atomic E-state index is 12.5. The van der Waals surface area contributed by atoms with Crippen LogP contribution in [0.5, 0.6) is 0 Å². The molecule has 2 aromatic carbocycles. The van der Waals surface area contributed by atoms with Crippen molar-refractivity contribution in [2.45, 2.75) is 11.8 Å². The Kier molecular flexibility index (Phi) is 5.19. The van der Waals surface area contributed by atoms with Gasteiger partial charge in [0.05, 0.1) is 9.82 Å². The molecular formula is C16H17N3O5S. The monoisotopic (exact) mass is 363 g/mol. The van der Waals surface area contributed by atoms with Crippen molar-refractivity contribution < 1.29 is 18.1 Å². The lowest BCUT2D eigenvalue weighted by molar-refractivity contribution is -0.384. The fourth-order valence-electron chi connectivity index (χ4n) is 2.11. The van der Waals surface area contributed by atoms with Crippen LogP contribution in [0.1, 0.15) is 15.9 Å². The summed E-state index contributed by atoms with van der Waals surface area (Å²) in [5.74, 6) is -0.547. The van der Waals surface area contributed by atoms with Crippen LogP contribution in [-0.4, -0.2) is 37.6 Å². The van der Waals surface area contributed by atoms with Crippen LogP contribution < -0.4 is 5.32 Å². The van der Waals surface area contributed by atoms with Gasteiger partial charge in [0.2, 0.25) is 10.0 Å². The topological polar surface area (TPSA) is 110 Å². The number of rotatable bonds is 5. The Morgan fingerprint density at radius 1 is 1.16 bits per heavy atom. The van der Waals surface area contributed by atoms with E-state index in [0.717, 1.165) is 4.31 Å². The quantitative estimate of drug-likeness (QED) is 0.648. The third-order valence-electron chi connectivity index (χ3n) is 3.55. The van der Waals surface area contributed by atoms with E-state index in [1.807, 2.05) is 0 Å². The van der Waals surface area contributed by atoms with Gasteiger partial charge in [-0.3, -0.25) is 14.9 Å². The molecule has 9 heteroatoms. The highest BCUT2D eigenvalue weighted by atomic mass is 32.2. The number of aryl methyl sites for hydroxylation is 1. The van der Waals surface area contributed by atoms with E-state index in [-0.39, 0.29) is 21.8 Å². The minimum atomic E-state index is -3.68. The first kappa shape index (κ1) is 18.6. The highest BCUT2D eigenvalue weighted by molar-refractivity contribution is 7.89. The van der Waals surface area contributed by atoms with Gasteiger partial charge < -0.3 is 5.32 Å². The maximum Gasteiger partial charge on any atom is 0.271 e. The van der Waals surface area contributed by atoms with Gasteiger partial charge in [-0.1, -0.05) is 12.1 Å². The average molecular weight is 363 g/mol. The molecular weight excluding hydrogens is 346 g/mol. The number of benzene rings is 2. The summed E-state index contributed by atoms with van der Waals surface area (Å²) in [6.45, 7) is 1.68. The minimum Gasteiger partial charge on any atom is -0.322 e. The smallest absolute Gasteiger partial charge is 0.271 e. The molecule has 1 N–H and O–H groups in total. The third-order valence-corrected chi connectivity index (χ3v) is 5.36. The molecule has 1 amide bonds. The summed E-state index contributed by atoms with van der Waals surface area (Å²) in [7, 11) is -0.875. The lowest BCUT2D eigenvalue weighted by atomic mass is 10.1. The Morgan fingerprint density at radius 3 is 2.44 bits per heavy atom. The van der Waals surface area contributed by atoms with Crippen LogP contribution >= 0.6 is 0 Å². The van der Waals surface area contributed by atoms with Crippen LogP contribution in [0.3, 0.4) is 0 Å². The van der Waals surface area contributed by atoms with Crippen LogP contribution in [0.4, 0.5) is 11.4 Å². The van der Waals surface area contributed by atoms with Crippen LogP contribution in [0.2, 0.25) is 0 Å². The number of anilines is 1. The summed E-state index contributed by atoms with van der Waals surface area (Å²) in [4.78, 5) is 22.7. The molecule has 25 heavy (non-hydrogen) atoms. The van der Waals surface area contributed by atoms with Crippen molar-refractivity contribution in [1.82, 2.24) is 4.31 Å². The van der Waals surface area contributed by atoms with Gasteiger partial charge in [-0.25, -0.2) is 12.7 Å². The molecule has 0 unspecified atom stereocenters. The molecule has 0 heterocycles. The number of nitro benzene ring substituents is 1. The Labute approximate surface area is 145 Å². The van der Waals surface area contributed by atoms with Crippen LogP contribution in [-0.2, 0) is 10.0 Å². The molecule has 0 aliphatic heterocycles. The lowest BCUT2D eigenvalue weighted by Gasteiger charge is -2.14. The molecule has 0 saturated carbocycles. The Morgan fingerprint density at radius 2 is 1.84 bits per heavy atom. The van der Waals surface area contributed by atoms with Crippen molar-refractivity contribution in [3.63, 3.8) is 0 Å². The number of amides is 1. The summed E-state index contributed by atoms with van der Waals surface area (Å²) < 4.78 is 25.5. The SMILES string of the molecule is Cc1ccc(S(=O)(=O)N(C)C)cc1C(=O)Nc1cccc([N+](=O)[O-])c1. The average Bonchev–Trinajstić information content (AvgIpc) is 2.55. The van der Waals surface area contributed by atoms with Crippen LogP contribution in [0, 0.1) is 17.0 Å². The maximum atomic E-state index is 12.5. The first-order valence-electron chi connectivity index (χ1n) is 7.22. The van der Waals surface area contributed by atoms with Gasteiger partial charge in [0.1, 0.15) is 0 Å². The summed E-state index contributed by atoms with van der Waals surface area (Å²) in [5, 5.41) is 13.4. The number of sulfonamides is 1. The molecule has 0 saturated heterocycles. The Hall–Kier alpha value is -2.78. The Bertz CT molecular complexity index is 939. The molecule has 8 nitrogen and oxygen atoms in total. The second-order valence-electron chi connectivity index (χ2n) is 5.53. The van der Waals surface area contributed by atoms with Crippen molar-refractivity contribution in [2.75, 3.05) is 19.4 Å². The predicted molar refractivity (Wildman–Crippen MR) is 93.1 cm³/mol. The molecule has 0 fully saturated rings. The second kappa shape index (κ2) is 6.99. The summed E-state index contributed by atoms with van der Waals surface area (Å²) in [5.41, 5.74) is 0.855. The zero-order valence-corrected chi connectivity index (χ0v) is 14.7. The van der Waals surface area contributed by atoms with E-state index < -0.39 is 20.9 Å². The molecule has 0 aliphatic rings. The number of carbonyl (C=O) groups is 1. The fourth-order valence-corrected chi connectivity index (χ4v) is 3.04. The molecule has 0 aliphatic carbocycles. The molecule has 0 atom stereocenters. The third kappa shape index (κ3) is 4.01. The van der Waals surface area contributed by atoms with E-state index >= 15 is 0 Å². The predicted octanol–water partition coefficient (Wildman–Crippen LogP) is 2.41. The summed E-state index contributed by atoms with van der Waals surface area (Å²) >= 11 is 0. The molecule has 0 aromatic heterocycles. The van der Waals surface area contributed by atoms with E-state index in [9.17, 15) is 23.3 Å². The van der Waals surface area contributed by atoms with Crippen molar-refractivity contribution in [3.05, 3.63) is 63.7 Å². The zero-order valence-electron chi connectivity index (χ0n) is 13.9. The minimum absolute atomic E-state index is 0.00714. The first-order chi connectivity index (χ1) is 11.6. The zero-order chi connectivity index (χ0) is 18.8. The van der Waals surface area contributed by atoms with Crippen LogP contribution in [0.15, 0.2) is 47.4 Å². The molecule has 2 rings (SSSR count). The molecule has 0 spiro atoms. The van der Waals surface area contributed by atoms with Crippen molar-refractivity contribution in [2.24, 2.45) is 0 Å². The molecule has 132 valence electrons. The van der Waals surface area contributed by atoms with E-state index in [4.69, 9.17) is 0 Å². The van der Waals surface area contributed by atoms with Crippen molar-refractivity contribution >= 4 is 27.3 Å². The Balaban J connectivity index is 2.37. The normalized spacial score (nSPS) is 11.4. The van der Waals surface area contributed by atoms with Gasteiger partial charge in [0, 0.05) is 37.5 Å². The highest BCUT2D eigenvalue weighted by Crippen LogP contribution is 2.21. The number of nitro groups is 1. The van der Waals surface area contributed by atoms with Crippen molar-refractivity contribution in [3.8, 4) is 0 Å². The number of hydrogen-bond donors (Lipinski definition) is 1. The standard InChI is InChI=1S/C16H17N3O5S/c1-11-7-8-14(25(23,24)18(2)3)10-15(11)16(20)17-12-5-4-6-13(9-12)19(21)22/h4-10H,1-3H3,(H,17,20). The van der Waals surface area contributed by atoms with Crippen molar-refractivity contribution in [1.29, 1.82) is 0 Å². The molecule has 0 bridgehead atoms. The highest BCUT2D eigenvalue weighted by Gasteiger charge is 2.20. The number of nitrogens with zero attached hydrogens (tertiary/aromatic N) is 2. The first-order valence-corrected chi connectivity index (χ1v) is 8.66. The largest absolute Gasteiger partial charge is 0.322 e. The second-order valence-corrected chi connectivity index (χ2v) is 7.68. The number of nitrogens with one attached hydrogen (secondary N) is 1. The van der Waals surface area contributed by atoms with Gasteiger partial charge in [0.25, 0.3) is 11.6 Å². The van der Waals surface area contributed by atoms with Gasteiger partial charge in [-0.05, 0) is 30.7 Å². The van der Waals surface area contributed by atoms with E-state index in [1.165, 1.54) is 50.5 Å². The van der Waals surface area contributed by atoms with Gasteiger partial charge in [0.15, 0.2) is 0 Å². The molecule has 2 aromatic rings. The van der Waals surface area contributed by atoms with E-state index in [1.54, 1.807) is 13.0 Å². The van der Waals surface area contributed by atoms with Crippen LogP contribution in [0.25, 0.3) is 0 Å². The number of non-ortho nitro benzene ring substituents is 1.